The van der Waals surface area contributed by atoms with Crippen LogP contribution in [0.5, 0.6) is 34.5 Å². The van der Waals surface area contributed by atoms with Crippen molar-refractivity contribution >= 4 is 5.69 Å². The van der Waals surface area contributed by atoms with Crippen LogP contribution in [0, 0.1) is 0 Å². The molecule has 150 valence electrons. The molecule has 0 aliphatic carbocycles. The van der Waals surface area contributed by atoms with Crippen molar-refractivity contribution in [2.24, 2.45) is 0 Å². The molecule has 3 aromatic carbocycles. The Balaban J connectivity index is 1.58. The molecular formula is C23H24N2O4. The molecule has 4 rings (SSSR count). The molecule has 0 amide bonds. The van der Waals surface area contributed by atoms with Crippen molar-refractivity contribution in [3.8, 4) is 34.5 Å². The van der Waals surface area contributed by atoms with Gasteiger partial charge in [0.15, 0.2) is 5.75 Å². The number of benzene rings is 3. The van der Waals surface area contributed by atoms with E-state index in [0.29, 0.717) is 29.0 Å². The molecule has 6 heteroatoms. The summed E-state index contributed by atoms with van der Waals surface area (Å²) in [5.74, 6) is 2.89. The molecule has 1 saturated heterocycles. The first kappa shape index (κ1) is 19.0. The Labute approximate surface area is 169 Å². The van der Waals surface area contributed by atoms with Crippen molar-refractivity contribution in [2.45, 2.75) is 18.9 Å². The van der Waals surface area contributed by atoms with Gasteiger partial charge in [-0.1, -0.05) is 0 Å². The number of aromatic hydroxyl groups is 2. The molecule has 1 aliphatic rings. The van der Waals surface area contributed by atoms with Crippen LogP contribution in [0.4, 0.5) is 5.69 Å². The van der Waals surface area contributed by atoms with Gasteiger partial charge in [0, 0.05) is 12.1 Å². The summed E-state index contributed by atoms with van der Waals surface area (Å²) >= 11 is 0. The lowest BCUT2D eigenvalue weighted by Gasteiger charge is -2.26. The number of phenols is 2. The summed E-state index contributed by atoms with van der Waals surface area (Å²) in [7, 11) is 0. The lowest BCUT2D eigenvalue weighted by Crippen LogP contribution is -2.35. The standard InChI is InChI=1S/C23H24N2O4/c26-17-1-5-19(6-2-17)28-21-9-10-22(25-16-11-13-24-14-12-16)23(15-21)29-20-7-3-18(27)4-8-20/h1-10,15-16,24-27H,11-14H2. The minimum absolute atomic E-state index is 0.190. The SMILES string of the molecule is Oc1ccc(Oc2ccc(NC3CCNCC3)c(Oc3ccc(O)cc3)c2)cc1. The maximum Gasteiger partial charge on any atom is 0.154 e. The van der Waals surface area contributed by atoms with Crippen LogP contribution >= 0.6 is 0 Å². The Hall–Kier alpha value is -3.38. The van der Waals surface area contributed by atoms with E-state index >= 15 is 0 Å². The van der Waals surface area contributed by atoms with Gasteiger partial charge in [-0.05, 0) is 86.6 Å². The predicted molar refractivity (Wildman–Crippen MR) is 112 cm³/mol. The fourth-order valence-electron chi connectivity index (χ4n) is 3.25. The summed E-state index contributed by atoms with van der Waals surface area (Å²) in [5.41, 5.74) is 0.892. The maximum atomic E-state index is 9.51. The topological polar surface area (TPSA) is 83.0 Å². The van der Waals surface area contributed by atoms with Gasteiger partial charge in [-0.25, -0.2) is 0 Å². The third kappa shape index (κ3) is 5.12. The number of anilines is 1. The largest absolute Gasteiger partial charge is 0.508 e. The Kier molecular flexibility index (Phi) is 5.72. The molecule has 0 unspecified atom stereocenters. The predicted octanol–water partition coefficient (Wildman–Crippen LogP) is 4.85. The van der Waals surface area contributed by atoms with E-state index in [1.165, 1.54) is 0 Å². The van der Waals surface area contributed by atoms with Gasteiger partial charge in [0.25, 0.3) is 0 Å². The van der Waals surface area contributed by atoms with E-state index in [0.717, 1.165) is 31.6 Å². The lowest BCUT2D eigenvalue weighted by molar-refractivity contribution is 0.449. The molecule has 3 aromatic rings. The fraction of sp³-hybridized carbons (Fsp3) is 0.217. The number of piperidine rings is 1. The summed E-state index contributed by atoms with van der Waals surface area (Å²) in [6, 6.07) is 19.2. The van der Waals surface area contributed by atoms with Crippen molar-refractivity contribution in [2.75, 3.05) is 18.4 Å². The van der Waals surface area contributed by atoms with Gasteiger partial charge >= 0.3 is 0 Å². The number of rotatable bonds is 6. The Morgan fingerprint density at radius 2 is 1.28 bits per heavy atom. The van der Waals surface area contributed by atoms with Gasteiger partial charge in [-0.3, -0.25) is 0 Å². The minimum atomic E-state index is 0.190. The molecule has 1 aliphatic heterocycles. The zero-order chi connectivity index (χ0) is 20.1. The zero-order valence-electron chi connectivity index (χ0n) is 16.0. The molecule has 4 N–H and O–H groups in total. The van der Waals surface area contributed by atoms with Crippen LogP contribution in [0.3, 0.4) is 0 Å². The van der Waals surface area contributed by atoms with E-state index in [2.05, 4.69) is 10.6 Å². The van der Waals surface area contributed by atoms with Gasteiger partial charge in [-0.2, -0.15) is 0 Å². The molecular weight excluding hydrogens is 368 g/mol. The van der Waals surface area contributed by atoms with Crippen molar-refractivity contribution in [3.05, 3.63) is 66.7 Å². The van der Waals surface area contributed by atoms with Crippen molar-refractivity contribution in [1.29, 1.82) is 0 Å². The number of nitrogens with one attached hydrogen (secondary N) is 2. The second-order valence-electron chi connectivity index (χ2n) is 7.02. The molecule has 6 nitrogen and oxygen atoms in total. The molecule has 0 bridgehead atoms. The molecule has 0 spiro atoms. The highest BCUT2D eigenvalue weighted by Crippen LogP contribution is 2.36. The lowest BCUT2D eigenvalue weighted by atomic mass is 10.1. The van der Waals surface area contributed by atoms with Crippen LogP contribution in [-0.2, 0) is 0 Å². The molecule has 0 atom stereocenters. The van der Waals surface area contributed by atoms with E-state index in [9.17, 15) is 10.2 Å². The normalized spacial score (nSPS) is 14.3. The van der Waals surface area contributed by atoms with E-state index in [1.807, 2.05) is 18.2 Å². The summed E-state index contributed by atoms with van der Waals surface area (Å²) in [6.45, 7) is 1.99. The van der Waals surface area contributed by atoms with Gasteiger partial charge in [-0.15, -0.1) is 0 Å². The molecule has 0 aromatic heterocycles. The van der Waals surface area contributed by atoms with Crippen molar-refractivity contribution < 1.29 is 19.7 Å². The highest BCUT2D eigenvalue weighted by molar-refractivity contribution is 5.61. The third-order valence-electron chi connectivity index (χ3n) is 4.79. The summed E-state index contributed by atoms with van der Waals surface area (Å²) < 4.78 is 12.0. The monoisotopic (exact) mass is 392 g/mol. The average molecular weight is 392 g/mol. The second kappa shape index (κ2) is 8.75. The smallest absolute Gasteiger partial charge is 0.154 e. The third-order valence-corrected chi connectivity index (χ3v) is 4.79. The zero-order valence-corrected chi connectivity index (χ0v) is 16.0. The van der Waals surface area contributed by atoms with E-state index in [1.54, 1.807) is 48.5 Å². The van der Waals surface area contributed by atoms with E-state index in [4.69, 9.17) is 9.47 Å². The highest BCUT2D eigenvalue weighted by Gasteiger charge is 2.16. The maximum absolute atomic E-state index is 9.51. The number of hydrogen-bond donors (Lipinski definition) is 4. The highest BCUT2D eigenvalue weighted by atomic mass is 16.5. The molecule has 29 heavy (non-hydrogen) atoms. The van der Waals surface area contributed by atoms with Gasteiger partial charge < -0.3 is 30.3 Å². The van der Waals surface area contributed by atoms with Crippen molar-refractivity contribution in [3.63, 3.8) is 0 Å². The Bertz CT molecular complexity index is 936. The summed E-state index contributed by atoms with van der Waals surface area (Å²) in [6.07, 6.45) is 2.09. The van der Waals surface area contributed by atoms with Crippen molar-refractivity contribution in [1.82, 2.24) is 5.32 Å². The number of phenolic OH excluding ortho intramolecular Hbond substituents is 2. The first-order valence-electron chi connectivity index (χ1n) is 9.71. The van der Waals surface area contributed by atoms with Crippen LogP contribution in [0.1, 0.15) is 12.8 Å². The van der Waals surface area contributed by atoms with Crippen LogP contribution < -0.4 is 20.1 Å². The van der Waals surface area contributed by atoms with E-state index < -0.39 is 0 Å². The van der Waals surface area contributed by atoms with Gasteiger partial charge in [0.1, 0.15) is 28.7 Å². The number of ether oxygens (including phenoxy) is 2. The first-order chi connectivity index (χ1) is 14.2. The average Bonchev–Trinajstić information content (AvgIpc) is 2.74. The Morgan fingerprint density at radius 1 is 0.724 bits per heavy atom. The summed E-state index contributed by atoms with van der Waals surface area (Å²) in [4.78, 5) is 0. The molecule has 0 saturated carbocycles. The fourth-order valence-corrected chi connectivity index (χ4v) is 3.25. The van der Waals surface area contributed by atoms with Gasteiger partial charge in [0.2, 0.25) is 0 Å². The quantitative estimate of drug-likeness (QED) is 0.480. The van der Waals surface area contributed by atoms with Crippen LogP contribution in [-0.4, -0.2) is 29.3 Å². The van der Waals surface area contributed by atoms with Crippen LogP contribution in [0.2, 0.25) is 0 Å². The van der Waals surface area contributed by atoms with E-state index in [-0.39, 0.29) is 11.5 Å². The Morgan fingerprint density at radius 3 is 1.90 bits per heavy atom. The molecule has 0 radical (unpaired) electrons. The minimum Gasteiger partial charge on any atom is -0.508 e. The van der Waals surface area contributed by atoms with Crippen LogP contribution in [0.25, 0.3) is 0 Å². The van der Waals surface area contributed by atoms with Gasteiger partial charge in [0.05, 0.1) is 5.69 Å². The first-order valence-corrected chi connectivity index (χ1v) is 9.71. The second-order valence-corrected chi connectivity index (χ2v) is 7.02. The van der Waals surface area contributed by atoms with Crippen LogP contribution in [0.15, 0.2) is 66.7 Å². The summed E-state index contributed by atoms with van der Waals surface area (Å²) in [5, 5.41) is 25.9. The molecule has 1 heterocycles. The molecule has 1 fully saturated rings. The number of hydrogen-bond acceptors (Lipinski definition) is 6.